The number of nitrogens with one attached hydrogen (secondary N) is 2. The standard InChI is InChI=1S/C18H23N3/c1(3-10-20-18-6-2-4-11-21-18)5-15-7-8-17-14-19-12-9-16(17)13-15/h2,4,6-8,11,13,19H,1,3,5,9-10,12,14H2,(H,20,21). The molecular weight excluding hydrogens is 258 g/mol. The molecule has 0 spiro atoms. The monoisotopic (exact) mass is 281 g/mol. The number of anilines is 1. The zero-order chi connectivity index (χ0) is 14.3. The maximum atomic E-state index is 4.27. The van der Waals surface area contributed by atoms with Crippen LogP contribution in [-0.4, -0.2) is 18.1 Å². The van der Waals surface area contributed by atoms with Crippen LogP contribution in [0.15, 0.2) is 42.6 Å². The summed E-state index contributed by atoms with van der Waals surface area (Å²) in [5, 5.41) is 6.78. The van der Waals surface area contributed by atoms with Crippen molar-refractivity contribution in [2.75, 3.05) is 18.4 Å². The van der Waals surface area contributed by atoms with E-state index in [1.54, 1.807) is 0 Å². The quantitative estimate of drug-likeness (QED) is 0.799. The van der Waals surface area contributed by atoms with Gasteiger partial charge in [0.1, 0.15) is 5.82 Å². The lowest BCUT2D eigenvalue weighted by Crippen LogP contribution is -2.23. The average molecular weight is 281 g/mol. The number of pyridine rings is 1. The molecule has 0 saturated heterocycles. The molecule has 0 radical (unpaired) electrons. The van der Waals surface area contributed by atoms with E-state index in [-0.39, 0.29) is 0 Å². The van der Waals surface area contributed by atoms with E-state index in [1.165, 1.54) is 42.4 Å². The lowest BCUT2D eigenvalue weighted by molar-refractivity contribution is 0.642. The van der Waals surface area contributed by atoms with E-state index in [9.17, 15) is 0 Å². The van der Waals surface area contributed by atoms with Crippen molar-refractivity contribution >= 4 is 5.82 Å². The molecule has 3 nitrogen and oxygen atoms in total. The maximum absolute atomic E-state index is 4.27. The molecule has 2 N–H and O–H groups in total. The van der Waals surface area contributed by atoms with Crippen LogP contribution >= 0.6 is 0 Å². The van der Waals surface area contributed by atoms with Gasteiger partial charge in [-0.2, -0.15) is 0 Å². The van der Waals surface area contributed by atoms with Crippen molar-refractivity contribution in [3.05, 3.63) is 59.3 Å². The van der Waals surface area contributed by atoms with Gasteiger partial charge in [0.05, 0.1) is 0 Å². The highest BCUT2D eigenvalue weighted by molar-refractivity contribution is 5.34. The number of hydrogen-bond donors (Lipinski definition) is 2. The Morgan fingerprint density at radius 3 is 3.00 bits per heavy atom. The summed E-state index contributed by atoms with van der Waals surface area (Å²) < 4.78 is 0. The predicted octanol–water partition coefficient (Wildman–Crippen LogP) is 3.16. The van der Waals surface area contributed by atoms with Crippen molar-refractivity contribution < 1.29 is 0 Å². The Morgan fingerprint density at radius 1 is 1.10 bits per heavy atom. The molecular formula is C18H23N3. The first-order valence-electron chi connectivity index (χ1n) is 7.88. The summed E-state index contributed by atoms with van der Waals surface area (Å²) >= 11 is 0. The number of hydrogen-bond acceptors (Lipinski definition) is 3. The second-order valence-corrected chi connectivity index (χ2v) is 5.63. The minimum Gasteiger partial charge on any atom is -0.370 e. The van der Waals surface area contributed by atoms with Gasteiger partial charge in [0.15, 0.2) is 0 Å². The van der Waals surface area contributed by atoms with Crippen molar-refractivity contribution in [1.82, 2.24) is 10.3 Å². The van der Waals surface area contributed by atoms with Crippen LogP contribution in [-0.2, 0) is 19.4 Å². The van der Waals surface area contributed by atoms with Crippen molar-refractivity contribution in [2.45, 2.75) is 32.2 Å². The summed E-state index contributed by atoms with van der Waals surface area (Å²) in [7, 11) is 0. The molecule has 0 bridgehead atoms. The number of benzene rings is 1. The lowest BCUT2D eigenvalue weighted by Gasteiger charge is -2.17. The predicted molar refractivity (Wildman–Crippen MR) is 87.5 cm³/mol. The van der Waals surface area contributed by atoms with E-state index < -0.39 is 0 Å². The van der Waals surface area contributed by atoms with Gasteiger partial charge >= 0.3 is 0 Å². The second-order valence-electron chi connectivity index (χ2n) is 5.63. The largest absolute Gasteiger partial charge is 0.370 e. The maximum Gasteiger partial charge on any atom is 0.125 e. The third-order valence-corrected chi connectivity index (χ3v) is 4.02. The SMILES string of the molecule is c1ccc(NCCCCc2ccc3c(c2)CCNC3)nc1. The Kier molecular flexibility index (Phi) is 4.85. The Balaban J connectivity index is 1.41. The zero-order valence-electron chi connectivity index (χ0n) is 12.4. The molecule has 3 heteroatoms. The first-order valence-corrected chi connectivity index (χ1v) is 7.88. The third-order valence-electron chi connectivity index (χ3n) is 4.02. The summed E-state index contributed by atoms with van der Waals surface area (Å²) in [5.74, 6) is 0.971. The van der Waals surface area contributed by atoms with E-state index in [0.29, 0.717) is 0 Å². The number of unbranched alkanes of at least 4 members (excludes halogenated alkanes) is 1. The van der Waals surface area contributed by atoms with Crippen LogP contribution in [0.5, 0.6) is 0 Å². The smallest absolute Gasteiger partial charge is 0.125 e. The fraction of sp³-hybridized carbons (Fsp3) is 0.389. The van der Waals surface area contributed by atoms with Crippen LogP contribution in [0.25, 0.3) is 0 Å². The highest BCUT2D eigenvalue weighted by Crippen LogP contribution is 2.17. The normalized spacial score (nSPS) is 13.7. The molecule has 2 aromatic rings. The van der Waals surface area contributed by atoms with Crippen LogP contribution < -0.4 is 10.6 Å². The van der Waals surface area contributed by atoms with Crippen LogP contribution in [0.2, 0.25) is 0 Å². The molecule has 0 fully saturated rings. The van der Waals surface area contributed by atoms with Gasteiger partial charge in [-0.05, 0) is 61.1 Å². The van der Waals surface area contributed by atoms with E-state index >= 15 is 0 Å². The summed E-state index contributed by atoms with van der Waals surface area (Å²) in [6.07, 6.45) is 6.56. The summed E-state index contributed by atoms with van der Waals surface area (Å²) in [6.45, 7) is 3.14. The van der Waals surface area contributed by atoms with Crippen molar-refractivity contribution in [1.29, 1.82) is 0 Å². The number of nitrogens with zero attached hydrogens (tertiary/aromatic N) is 1. The summed E-state index contributed by atoms with van der Waals surface area (Å²) in [4.78, 5) is 4.27. The second kappa shape index (κ2) is 7.23. The van der Waals surface area contributed by atoms with Crippen LogP contribution in [0.4, 0.5) is 5.82 Å². The molecule has 1 aliphatic heterocycles. The fourth-order valence-electron chi connectivity index (χ4n) is 2.82. The van der Waals surface area contributed by atoms with Gasteiger partial charge in [-0.3, -0.25) is 0 Å². The van der Waals surface area contributed by atoms with Gasteiger partial charge in [-0.1, -0.05) is 24.3 Å². The van der Waals surface area contributed by atoms with Crippen molar-refractivity contribution in [2.24, 2.45) is 0 Å². The van der Waals surface area contributed by atoms with Crippen molar-refractivity contribution in [3.8, 4) is 0 Å². The number of rotatable bonds is 6. The van der Waals surface area contributed by atoms with Crippen LogP contribution in [0.3, 0.4) is 0 Å². The minimum absolute atomic E-state index is 0.971. The Morgan fingerprint density at radius 2 is 2.10 bits per heavy atom. The zero-order valence-corrected chi connectivity index (χ0v) is 12.4. The fourth-order valence-corrected chi connectivity index (χ4v) is 2.82. The van der Waals surface area contributed by atoms with E-state index in [2.05, 4.69) is 33.8 Å². The highest BCUT2D eigenvalue weighted by atomic mass is 15.0. The molecule has 0 aliphatic carbocycles. The molecule has 3 rings (SSSR count). The van der Waals surface area contributed by atoms with Crippen LogP contribution in [0, 0.1) is 0 Å². The molecule has 0 saturated carbocycles. The summed E-state index contributed by atoms with van der Waals surface area (Å²) in [5.41, 5.74) is 4.49. The molecule has 1 aromatic heterocycles. The Labute approximate surface area is 126 Å². The molecule has 110 valence electrons. The molecule has 0 atom stereocenters. The van der Waals surface area contributed by atoms with E-state index in [4.69, 9.17) is 0 Å². The number of aryl methyl sites for hydroxylation is 1. The van der Waals surface area contributed by atoms with Gasteiger partial charge in [0.25, 0.3) is 0 Å². The highest BCUT2D eigenvalue weighted by Gasteiger charge is 2.08. The molecule has 0 unspecified atom stereocenters. The van der Waals surface area contributed by atoms with Gasteiger partial charge < -0.3 is 10.6 Å². The average Bonchev–Trinajstić information content (AvgIpc) is 2.55. The lowest BCUT2D eigenvalue weighted by atomic mass is 9.96. The van der Waals surface area contributed by atoms with Gasteiger partial charge in [-0.25, -0.2) is 4.98 Å². The Bertz CT molecular complexity index is 566. The first kappa shape index (κ1) is 14.1. The molecule has 0 amide bonds. The van der Waals surface area contributed by atoms with Gasteiger partial charge in [-0.15, -0.1) is 0 Å². The molecule has 1 aromatic carbocycles. The minimum atomic E-state index is 0.971. The van der Waals surface area contributed by atoms with Crippen LogP contribution in [0.1, 0.15) is 29.5 Å². The van der Waals surface area contributed by atoms with E-state index in [1.807, 2.05) is 24.4 Å². The summed E-state index contributed by atoms with van der Waals surface area (Å²) in [6, 6.07) is 13.0. The molecule has 21 heavy (non-hydrogen) atoms. The molecule has 1 aliphatic rings. The van der Waals surface area contributed by atoms with Gasteiger partial charge in [0, 0.05) is 19.3 Å². The Hall–Kier alpha value is -1.87. The molecule has 2 heterocycles. The number of fused-ring (bicyclic) bond motifs is 1. The number of aromatic nitrogens is 1. The van der Waals surface area contributed by atoms with E-state index in [0.717, 1.165) is 25.5 Å². The third kappa shape index (κ3) is 4.05. The first-order chi connectivity index (χ1) is 10.4. The van der Waals surface area contributed by atoms with Crippen molar-refractivity contribution in [3.63, 3.8) is 0 Å². The topological polar surface area (TPSA) is 37.0 Å². The van der Waals surface area contributed by atoms with Gasteiger partial charge in [0.2, 0.25) is 0 Å².